The number of aromatic nitrogens is 1. The number of amides is 1. The second-order valence-corrected chi connectivity index (χ2v) is 9.69. The van der Waals surface area contributed by atoms with Gasteiger partial charge >= 0.3 is 0 Å². The number of halogens is 1. The molecule has 0 aliphatic carbocycles. The van der Waals surface area contributed by atoms with E-state index in [1.54, 1.807) is 25.1 Å². The number of aromatic amines is 1. The molecule has 1 aliphatic rings. The van der Waals surface area contributed by atoms with E-state index >= 15 is 0 Å². The van der Waals surface area contributed by atoms with Crippen LogP contribution in [0.25, 0.3) is 10.9 Å². The molecule has 32 heavy (non-hydrogen) atoms. The Morgan fingerprint density at radius 1 is 1.28 bits per heavy atom. The summed E-state index contributed by atoms with van der Waals surface area (Å²) in [5, 5.41) is 3.24. The average Bonchev–Trinajstić information content (AvgIpc) is 3.29. The van der Waals surface area contributed by atoms with Crippen LogP contribution in [0.4, 0.5) is 5.69 Å². The van der Waals surface area contributed by atoms with Crippen molar-refractivity contribution in [3.63, 3.8) is 0 Å². The van der Waals surface area contributed by atoms with Crippen LogP contribution in [0.15, 0.2) is 52.3 Å². The minimum Gasteiger partial charge on any atom is -0.376 e. The highest BCUT2D eigenvalue weighted by Gasteiger charge is 2.21. The van der Waals surface area contributed by atoms with Crippen LogP contribution in [-0.4, -0.2) is 38.6 Å². The van der Waals surface area contributed by atoms with Crippen LogP contribution in [0.2, 0.25) is 5.02 Å². The fraction of sp³-hybridized carbons (Fsp3) is 0.273. The lowest BCUT2D eigenvalue weighted by molar-refractivity contribution is 0.0857. The number of hydrogen-bond acceptors (Lipinski definition) is 5. The maximum atomic E-state index is 13.0. The second kappa shape index (κ2) is 8.93. The summed E-state index contributed by atoms with van der Waals surface area (Å²) in [7, 11) is -3.99. The standard InChI is InChI=1S/C22H22ClN3O5S/c1-13-18(23)5-2-6-19(13)26-32(29,30)15-7-8-20-16(10-15)21(27)17(12-24-20)22(28)25-11-14-4-3-9-31-14/h2,5-8,10,12,14,26H,3-4,9,11H2,1H3,(H,24,27)(H,25,28)/t14-/m0/s1. The van der Waals surface area contributed by atoms with E-state index in [1.165, 1.54) is 24.4 Å². The minimum atomic E-state index is -3.99. The number of rotatable bonds is 6. The van der Waals surface area contributed by atoms with Gasteiger partial charge in [0.15, 0.2) is 0 Å². The van der Waals surface area contributed by atoms with E-state index in [4.69, 9.17) is 16.3 Å². The fourth-order valence-electron chi connectivity index (χ4n) is 3.56. The molecule has 1 fully saturated rings. The van der Waals surface area contributed by atoms with Crippen LogP contribution in [0.3, 0.4) is 0 Å². The van der Waals surface area contributed by atoms with Crippen molar-refractivity contribution in [2.24, 2.45) is 0 Å². The SMILES string of the molecule is Cc1c(Cl)cccc1NS(=O)(=O)c1ccc2[nH]cc(C(=O)NC[C@@H]3CCCO3)c(=O)c2c1. The van der Waals surface area contributed by atoms with Crippen molar-refractivity contribution in [2.75, 3.05) is 17.9 Å². The molecule has 0 saturated carbocycles. The Balaban J connectivity index is 1.63. The molecule has 0 bridgehead atoms. The number of ether oxygens (including phenoxy) is 1. The molecule has 168 valence electrons. The number of anilines is 1. The summed E-state index contributed by atoms with van der Waals surface area (Å²) >= 11 is 6.08. The number of hydrogen-bond donors (Lipinski definition) is 3. The van der Waals surface area contributed by atoms with E-state index < -0.39 is 21.4 Å². The molecule has 1 amide bonds. The van der Waals surface area contributed by atoms with Gasteiger partial charge in [-0.15, -0.1) is 0 Å². The molecular weight excluding hydrogens is 454 g/mol. The number of fused-ring (bicyclic) bond motifs is 1. The zero-order chi connectivity index (χ0) is 22.9. The van der Waals surface area contributed by atoms with Gasteiger partial charge in [0.2, 0.25) is 5.43 Å². The number of nitrogens with one attached hydrogen (secondary N) is 3. The fourth-order valence-corrected chi connectivity index (χ4v) is 4.89. The Morgan fingerprint density at radius 3 is 2.84 bits per heavy atom. The van der Waals surface area contributed by atoms with Gasteiger partial charge in [0.05, 0.1) is 16.7 Å². The molecule has 3 N–H and O–H groups in total. The lowest BCUT2D eigenvalue weighted by Gasteiger charge is -2.12. The average molecular weight is 476 g/mol. The van der Waals surface area contributed by atoms with Gasteiger partial charge < -0.3 is 15.0 Å². The molecule has 8 nitrogen and oxygen atoms in total. The number of carbonyl (C=O) groups excluding carboxylic acids is 1. The Labute approximate surface area is 190 Å². The highest BCUT2D eigenvalue weighted by molar-refractivity contribution is 7.92. The molecule has 2 heterocycles. The first-order chi connectivity index (χ1) is 15.3. The van der Waals surface area contributed by atoms with Crippen molar-refractivity contribution in [1.29, 1.82) is 0 Å². The van der Waals surface area contributed by atoms with Gasteiger partial charge in [-0.1, -0.05) is 17.7 Å². The topological polar surface area (TPSA) is 117 Å². The van der Waals surface area contributed by atoms with Crippen molar-refractivity contribution in [1.82, 2.24) is 10.3 Å². The van der Waals surface area contributed by atoms with E-state index in [0.29, 0.717) is 34.9 Å². The first kappa shape index (κ1) is 22.3. The first-order valence-corrected chi connectivity index (χ1v) is 12.0. The predicted molar refractivity (Wildman–Crippen MR) is 123 cm³/mol. The van der Waals surface area contributed by atoms with Gasteiger partial charge in [-0.25, -0.2) is 8.42 Å². The second-order valence-electron chi connectivity index (χ2n) is 7.60. The predicted octanol–water partition coefficient (Wildman–Crippen LogP) is 3.20. The number of carbonyl (C=O) groups is 1. The zero-order valence-corrected chi connectivity index (χ0v) is 18.8. The summed E-state index contributed by atoms with van der Waals surface area (Å²) in [5.41, 5.74) is 0.696. The van der Waals surface area contributed by atoms with Crippen molar-refractivity contribution < 1.29 is 17.9 Å². The monoisotopic (exact) mass is 475 g/mol. The summed E-state index contributed by atoms with van der Waals surface area (Å²) in [5.74, 6) is -0.537. The summed E-state index contributed by atoms with van der Waals surface area (Å²) in [6.45, 7) is 2.68. The summed E-state index contributed by atoms with van der Waals surface area (Å²) in [6, 6.07) is 9.04. The highest BCUT2D eigenvalue weighted by Crippen LogP contribution is 2.26. The van der Waals surface area contributed by atoms with Gasteiger partial charge in [-0.2, -0.15) is 0 Å². The molecule has 1 aromatic heterocycles. The minimum absolute atomic E-state index is 0.0590. The molecule has 2 aromatic carbocycles. The van der Waals surface area contributed by atoms with Crippen LogP contribution in [0, 0.1) is 6.92 Å². The van der Waals surface area contributed by atoms with Gasteiger partial charge in [0, 0.05) is 35.3 Å². The lowest BCUT2D eigenvalue weighted by atomic mass is 10.1. The Morgan fingerprint density at radius 2 is 2.09 bits per heavy atom. The van der Waals surface area contributed by atoms with Crippen molar-refractivity contribution in [3.05, 3.63) is 69.0 Å². The molecule has 3 aromatic rings. The van der Waals surface area contributed by atoms with Gasteiger partial charge in [-0.05, 0) is 55.7 Å². The van der Waals surface area contributed by atoms with E-state index in [2.05, 4.69) is 15.0 Å². The smallest absolute Gasteiger partial charge is 0.261 e. The molecule has 0 unspecified atom stereocenters. The van der Waals surface area contributed by atoms with Crippen LogP contribution < -0.4 is 15.5 Å². The quantitative estimate of drug-likeness (QED) is 0.506. The maximum Gasteiger partial charge on any atom is 0.261 e. The van der Waals surface area contributed by atoms with E-state index in [9.17, 15) is 18.0 Å². The molecule has 0 radical (unpaired) electrons. The van der Waals surface area contributed by atoms with E-state index in [1.807, 2.05) is 0 Å². The van der Waals surface area contributed by atoms with Crippen LogP contribution in [-0.2, 0) is 14.8 Å². The molecule has 1 saturated heterocycles. The number of sulfonamides is 1. The van der Waals surface area contributed by atoms with Crippen LogP contribution >= 0.6 is 11.6 Å². The van der Waals surface area contributed by atoms with E-state index in [0.717, 1.165) is 12.8 Å². The first-order valence-electron chi connectivity index (χ1n) is 10.1. The van der Waals surface area contributed by atoms with Gasteiger partial charge in [-0.3, -0.25) is 14.3 Å². The molecule has 10 heteroatoms. The van der Waals surface area contributed by atoms with E-state index in [-0.39, 0.29) is 21.9 Å². The Hall–Kier alpha value is -2.88. The van der Waals surface area contributed by atoms with Crippen molar-refractivity contribution in [2.45, 2.75) is 30.8 Å². The van der Waals surface area contributed by atoms with Gasteiger partial charge in [0.1, 0.15) is 5.56 Å². The highest BCUT2D eigenvalue weighted by atomic mass is 35.5. The normalized spacial score (nSPS) is 16.2. The number of H-pyrrole nitrogens is 1. The van der Waals surface area contributed by atoms with Crippen molar-refractivity contribution in [3.8, 4) is 0 Å². The van der Waals surface area contributed by atoms with Crippen molar-refractivity contribution >= 4 is 44.1 Å². The zero-order valence-electron chi connectivity index (χ0n) is 17.3. The third-order valence-electron chi connectivity index (χ3n) is 5.43. The molecule has 1 atom stereocenters. The van der Waals surface area contributed by atoms with Crippen LogP contribution in [0.5, 0.6) is 0 Å². The molecular formula is C22H22ClN3O5S. The lowest BCUT2D eigenvalue weighted by Crippen LogP contribution is -2.34. The summed E-state index contributed by atoms with van der Waals surface area (Å²) in [4.78, 5) is 28.3. The Kier molecular flexibility index (Phi) is 6.23. The summed E-state index contributed by atoms with van der Waals surface area (Å²) < 4.78 is 33.8. The Bertz CT molecular complexity index is 1350. The third kappa shape index (κ3) is 4.50. The third-order valence-corrected chi connectivity index (χ3v) is 7.21. The number of pyridine rings is 1. The number of benzene rings is 2. The van der Waals surface area contributed by atoms with Crippen LogP contribution in [0.1, 0.15) is 28.8 Å². The maximum absolute atomic E-state index is 13.0. The molecule has 0 spiro atoms. The molecule has 1 aliphatic heterocycles. The molecule has 4 rings (SSSR count). The van der Waals surface area contributed by atoms with Gasteiger partial charge in [0.25, 0.3) is 15.9 Å². The largest absolute Gasteiger partial charge is 0.376 e. The summed E-state index contributed by atoms with van der Waals surface area (Å²) in [6.07, 6.45) is 3.07.